The minimum Gasteiger partial charge on any atom is -0.457 e. The largest absolute Gasteiger partial charge is 0.457 e. The number of carbonyl (C=O) groups excluding carboxylic acids is 1. The van der Waals surface area contributed by atoms with Gasteiger partial charge in [0, 0.05) is 16.1 Å². The van der Waals surface area contributed by atoms with Crippen molar-refractivity contribution in [3.8, 4) is 11.3 Å². The highest BCUT2D eigenvalue weighted by Crippen LogP contribution is 2.36. The Morgan fingerprint density at radius 1 is 1.03 bits per heavy atom. The van der Waals surface area contributed by atoms with Crippen molar-refractivity contribution in [3.63, 3.8) is 0 Å². The SMILES string of the molecule is Cc1ccc(N=C2S/C(=C/c3ccc(-c4ccc(Cl)c(Br)c4)o3)C(=O)N2Cc2ccccc2)cc1. The fourth-order valence-corrected chi connectivity index (χ4v) is 5.07. The molecule has 0 spiro atoms. The lowest BCUT2D eigenvalue weighted by atomic mass is 10.2. The van der Waals surface area contributed by atoms with E-state index in [2.05, 4.69) is 15.9 Å². The summed E-state index contributed by atoms with van der Waals surface area (Å²) in [5.74, 6) is 1.19. The molecule has 0 N–H and O–H groups in total. The zero-order valence-electron chi connectivity index (χ0n) is 18.7. The molecule has 1 aliphatic heterocycles. The van der Waals surface area contributed by atoms with Gasteiger partial charge in [0.2, 0.25) is 0 Å². The Morgan fingerprint density at radius 2 is 1.80 bits per heavy atom. The van der Waals surface area contributed by atoms with Crippen molar-refractivity contribution in [2.45, 2.75) is 13.5 Å². The van der Waals surface area contributed by atoms with E-state index in [0.29, 0.717) is 33.2 Å². The number of hydrogen-bond donors (Lipinski definition) is 0. The Balaban J connectivity index is 1.46. The monoisotopic (exact) mass is 562 g/mol. The zero-order valence-corrected chi connectivity index (χ0v) is 21.9. The summed E-state index contributed by atoms with van der Waals surface area (Å²) in [6.07, 6.45) is 1.77. The van der Waals surface area contributed by atoms with E-state index in [0.717, 1.165) is 26.9 Å². The van der Waals surface area contributed by atoms with Crippen molar-refractivity contribution < 1.29 is 9.21 Å². The summed E-state index contributed by atoms with van der Waals surface area (Å²) in [5, 5.41) is 1.27. The van der Waals surface area contributed by atoms with Gasteiger partial charge in [-0.3, -0.25) is 9.69 Å². The normalized spacial score (nSPS) is 16.0. The molecule has 0 saturated carbocycles. The maximum Gasteiger partial charge on any atom is 0.267 e. The van der Waals surface area contributed by atoms with Crippen LogP contribution in [0.3, 0.4) is 0 Å². The van der Waals surface area contributed by atoms with Gasteiger partial charge in [0.05, 0.1) is 22.2 Å². The summed E-state index contributed by atoms with van der Waals surface area (Å²) in [6, 6.07) is 27.2. The second-order valence-electron chi connectivity index (χ2n) is 8.05. The van der Waals surface area contributed by atoms with Crippen LogP contribution in [0.1, 0.15) is 16.9 Å². The van der Waals surface area contributed by atoms with Crippen molar-refractivity contribution in [2.24, 2.45) is 4.99 Å². The number of halogens is 2. The number of amides is 1. The molecule has 1 saturated heterocycles. The summed E-state index contributed by atoms with van der Waals surface area (Å²) in [7, 11) is 0. The maximum atomic E-state index is 13.4. The number of aryl methyl sites for hydroxylation is 1. The van der Waals surface area contributed by atoms with E-state index in [1.165, 1.54) is 11.8 Å². The Morgan fingerprint density at radius 3 is 2.54 bits per heavy atom. The van der Waals surface area contributed by atoms with Crippen LogP contribution in [0, 0.1) is 6.92 Å². The average molecular weight is 564 g/mol. The van der Waals surface area contributed by atoms with Crippen LogP contribution in [-0.2, 0) is 11.3 Å². The molecule has 4 aromatic rings. The van der Waals surface area contributed by atoms with Crippen molar-refractivity contribution in [2.75, 3.05) is 0 Å². The van der Waals surface area contributed by atoms with Crippen LogP contribution in [0.15, 0.2) is 104 Å². The minimum absolute atomic E-state index is 0.100. The van der Waals surface area contributed by atoms with Crippen LogP contribution >= 0.6 is 39.3 Å². The predicted molar refractivity (Wildman–Crippen MR) is 148 cm³/mol. The lowest BCUT2D eigenvalue weighted by Crippen LogP contribution is -2.28. The van der Waals surface area contributed by atoms with Crippen LogP contribution in [0.25, 0.3) is 17.4 Å². The molecule has 0 bridgehead atoms. The van der Waals surface area contributed by atoms with Gasteiger partial charge in [-0.25, -0.2) is 4.99 Å². The lowest BCUT2D eigenvalue weighted by molar-refractivity contribution is -0.122. The second kappa shape index (κ2) is 10.3. The highest BCUT2D eigenvalue weighted by atomic mass is 79.9. The van der Waals surface area contributed by atoms with Gasteiger partial charge in [-0.05, 0) is 82.6 Å². The molecule has 3 aromatic carbocycles. The van der Waals surface area contributed by atoms with Crippen LogP contribution in [0.5, 0.6) is 0 Å². The molecule has 0 unspecified atom stereocenters. The molecule has 0 atom stereocenters. The van der Waals surface area contributed by atoms with E-state index in [1.807, 2.05) is 91.9 Å². The summed E-state index contributed by atoms with van der Waals surface area (Å²) < 4.78 is 6.83. The smallest absolute Gasteiger partial charge is 0.267 e. The van der Waals surface area contributed by atoms with Crippen LogP contribution in [0.4, 0.5) is 5.69 Å². The Bertz CT molecular complexity index is 1450. The molecule has 1 amide bonds. The number of furan rings is 1. The molecule has 35 heavy (non-hydrogen) atoms. The molecule has 0 radical (unpaired) electrons. The van der Waals surface area contributed by atoms with Gasteiger partial charge in [0.25, 0.3) is 5.91 Å². The molecule has 2 heterocycles. The van der Waals surface area contributed by atoms with E-state index in [1.54, 1.807) is 11.0 Å². The Labute approximate surface area is 221 Å². The molecule has 0 aliphatic carbocycles. The highest BCUT2D eigenvalue weighted by molar-refractivity contribution is 9.10. The summed E-state index contributed by atoms with van der Waals surface area (Å²) >= 11 is 10.9. The molecule has 7 heteroatoms. The number of rotatable bonds is 5. The topological polar surface area (TPSA) is 45.8 Å². The van der Waals surface area contributed by atoms with Crippen molar-refractivity contribution >= 4 is 62.1 Å². The number of hydrogen-bond acceptors (Lipinski definition) is 4. The zero-order chi connectivity index (χ0) is 24.4. The third kappa shape index (κ3) is 5.45. The summed E-state index contributed by atoms with van der Waals surface area (Å²) in [6.45, 7) is 2.48. The maximum absolute atomic E-state index is 13.4. The first-order chi connectivity index (χ1) is 17.0. The fraction of sp³-hybridized carbons (Fsp3) is 0.0714. The number of aliphatic imine (C=N–C) groups is 1. The quantitative estimate of drug-likeness (QED) is 0.229. The first-order valence-electron chi connectivity index (χ1n) is 10.9. The number of carbonyl (C=O) groups is 1. The molecule has 1 aliphatic rings. The predicted octanol–water partition coefficient (Wildman–Crippen LogP) is 8.48. The molecule has 1 fully saturated rings. The van der Waals surface area contributed by atoms with Gasteiger partial charge in [0.15, 0.2) is 5.17 Å². The van der Waals surface area contributed by atoms with Gasteiger partial charge in [-0.1, -0.05) is 59.6 Å². The van der Waals surface area contributed by atoms with Crippen molar-refractivity contribution in [1.29, 1.82) is 0 Å². The van der Waals surface area contributed by atoms with Crippen LogP contribution < -0.4 is 0 Å². The third-order valence-electron chi connectivity index (χ3n) is 5.43. The van der Waals surface area contributed by atoms with Gasteiger partial charge < -0.3 is 4.42 Å². The Kier molecular flexibility index (Phi) is 6.95. The summed E-state index contributed by atoms with van der Waals surface area (Å²) in [4.78, 5) is 20.5. The summed E-state index contributed by atoms with van der Waals surface area (Å²) in [5.41, 5.74) is 3.89. The lowest BCUT2D eigenvalue weighted by Gasteiger charge is -2.15. The number of amidine groups is 1. The van der Waals surface area contributed by atoms with Crippen LogP contribution in [-0.4, -0.2) is 16.0 Å². The molecular weight excluding hydrogens is 544 g/mol. The van der Waals surface area contributed by atoms with Crippen LogP contribution in [0.2, 0.25) is 5.02 Å². The number of thioether (sulfide) groups is 1. The Hall–Kier alpha value is -3.06. The number of benzene rings is 3. The van der Waals surface area contributed by atoms with Crippen molar-refractivity contribution in [3.05, 3.63) is 116 Å². The van der Waals surface area contributed by atoms with Crippen molar-refractivity contribution in [1.82, 2.24) is 4.90 Å². The molecule has 5 rings (SSSR count). The van der Waals surface area contributed by atoms with Gasteiger partial charge in [-0.2, -0.15) is 0 Å². The van der Waals surface area contributed by atoms with E-state index < -0.39 is 0 Å². The van der Waals surface area contributed by atoms with E-state index in [4.69, 9.17) is 21.0 Å². The minimum atomic E-state index is -0.100. The fourth-order valence-electron chi connectivity index (χ4n) is 3.59. The van der Waals surface area contributed by atoms with E-state index in [-0.39, 0.29) is 5.91 Å². The number of nitrogens with zero attached hydrogens (tertiary/aromatic N) is 2. The standard InChI is InChI=1S/C28H20BrClN2O2S/c1-18-7-10-21(11-8-18)31-28-32(17-19-5-3-2-4-6-19)27(33)26(35-28)16-22-12-14-25(34-22)20-9-13-24(30)23(29)15-20/h2-16H,17H2,1H3/b26-16+,31-28?. The second-order valence-corrected chi connectivity index (χ2v) is 10.3. The van der Waals surface area contributed by atoms with Gasteiger partial charge >= 0.3 is 0 Å². The molecule has 174 valence electrons. The van der Waals surface area contributed by atoms with E-state index >= 15 is 0 Å². The first kappa shape index (κ1) is 23.7. The van der Waals surface area contributed by atoms with E-state index in [9.17, 15) is 4.79 Å². The highest BCUT2D eigenvalue weighted by Gasteiger charge is 2.33. The van der Waals surface area contributed by atoms with Gasteiger partial charge in [-0.15, -0.1) is 0 Å². The average Bonchev–Trinajstić information content (AvgIpc) is 3.44. The molecule has 4 nitrogen and oxygen atoms in total. The molecule has 1 aromatic heterocycles. The first-order valence-corrected chi connectivity index (χ1v) is 12.9. The molecular formula is C28H20BrClN2O2S. The van der Waals surface area contributed by atoms with Gasteiger partial charge in [0.1, 0.15) is 11.5 Å². The third-order valence-corrected chi connectivity index (χ3v) is 7.66.